The summed E-state index contributed by atoms with van der Waals surface area (Å²) in [6.45, 7) is 6.80. The average molecular weight is 303 g/mol. The smallest absolute Gasteiger partial charge is 0.158 e. The maximum Gasteiger partial charge on any atom is 0.158 e. The van der Waals surface area contributed by atoms with E-state index >= 15 is 0 Å². The van der Waals surface area contributed by atoms with Crippen LogP contribution in [0.2, 0.25) is 0 Å². The normalized spacial score (nSPS) is 26.1. The Morgan fingerprint density at radius 2 is 1.82 bits per heavy atom. The van der Waals surface area contributed by atoms with Gasteiger partial charge in [0.1, 0.15) is 6.61 Å². The first-order chi connectivity index (χ1) is 10.8. The van der Waals surface area contributed by atoms with Crippen molar-refractivity contribution < 1.29 is 9.47 Å². The monoisotopic (exact) mass is 303 g/mol. The van der Waals surface area contributed by atoms with Gasteiger partial charge in [-0.15, -0.1) is 0 Å². The Hall–Kier alpha value is -1.91. The second-order valence-electron chi connectivity index (χ2n) is 5.95. The van der Waals surface area contributed by atoms with Gasteiger partial charge in [0, 0.05) is 39.4 Å². The number of allylic oxidation sites excluding steroid dienone is 2. The Labute approximate surface area is 132 Å². The first kappa shape index (κ1) is 15.0. The molecule has 22 heavy (non-hydrogen) atoms. The standard InChI is InChI=1S/C17H25N3O2/c1-14(11-19-7-9-20(10-8-19)13-18-2)17-12-21-15-5-3-4-6-16(15)22-17/h5-6,11,13,17H,3-4,7-10,12H2,1-2H3/b14-11-,18-13+/t17-/m1/s1. The van der Waals surface area contributed by atoms with Crippen molar-refractivity contribution in [2.24, 2.45) is 4.99 Å². The number of ether oxygens (including phenoxy) is 2. The minimum atomic E-state index is 0.0248. The third kappa shape index (κ3) is 3.46. The van der Waals surface area contributed by atoms with Gasteiger partial charge in [0.2, 0.25) is 0 Å². The van der Waals surface area contributed by atoms with E-state index in [0.29, 0.717) is 6.61 Å². The van der Waals surface area contributed by atoms with Crippen molar-refractivity contribution in [3.63, 3.8) is 0 Å². The van der Waals surface area contributed by atoms with Crippen LogP contribution in [0.3, 0.4) is 0 Å². The number of hydrogen-bond acceptors (Lipinski definition) is 4. The summed E-state index contributed by atoms with van der Waals surface area (Å²) in [5, 5.41) is 0. The number of hydrogen-bond donors (Lipinski definition) is 0. The van der Waals surface area contributed by atoms with E-state index in [2.05, 4.69) is 40.1 Å². The zero-order chi connectivity index (χ0) is 15.4. The van der Waals surface area contributed by atoms with E-state index in [1.54, 1.807) is 0 Å². The minimum absolute atomic E-state index is 0.0248. The van der Waals surface area contributed by atoms with E-state index in [1.807, 2.05) is 13.4 Å². The molecule has 0 unspecified atom stereocenters. The largest absolute Gasteiger partial charge is 0.486 e. The van der Waals surface area contributed by atoms with Gasteiger partial charge in [0.15, 0.2) is 17.6 Å². The van der Waals surface area contributed by atoms with E-state index in [0.717, 1.165) is 50.5 Å². The van der Waals surface area contributed by atoms with Crippen LogP contribution in [0, 0.1) is 0 Å². The molecule has 2 saturated heterocycles. The fourth-order valence-electron chi connectivity index (χ4n) is 2.96. The van der Waals surface area contributed by atoms with E-state index in [1.165, 1.54) is 5.57 Å². The van der Waals surface area contributed by atoms with Gasteiger partial charge in [-0.05, 0) is 37.5 Å². The number of rotatable bonds is 3. The molecular formula is C17H25N3O2. The number of nitrogens with zero attached hydrogens (tertiary/aromatic N) is 3. The molecule has 3 aliphatic rings. The average Bonchev–Trinajstić information content (AvgIpc) is 2.56. The second kappa shape index (κ2) is 6.90. The summed E-state index contributed by atoms with van der Waals surface area (Å²) in [4.78, 5) is 8.69. The Bertz CT molecular complexity index is 514. The van der Waals surface area contributed by atoms with Crippen LogP contribution in [0.15, 0.2) is 40.4 Å². The number of aliphatic imine (C=N–C) groups is 1. The second-order valence-corrected chi connectivity index (χ2v) is 5.95. The van der Waals surface area contributed by atoms with Gasteiger partial charge < -0.3 is 19.3 Å². The van der Waals surface area contributed by atoms with Gasteiger partial charge in [-0.2, -0.15) is 0 Å². The van der Waals surface area contributed by atoms with E-state index in [9.17, 15) is 0 Å². The van der Waals surface area contributed by atoms with Gasteiger partial charge in [0.05, 0.1) is 6.34 Å². The fourth-order valence-corrected chi connectivity index (χ4v) is 2.96. The quantitative estimate of drug-likeness (QED) is 0.591. The Balaban J connectivity index is 1.56. The summed E-state index contributed by atoms with van der Waals surface area (Å²) >= 11 is 0. The zero-order valence-electron chi connectivity index (χ0n) is 13.5. The molecule has 0 bridgehead atoms. The Kier molecular flexibility index (Phi) is 4.71. The lowest BCUT2D eigenvalue weighted by atomic mass is 10.1. The van der Waals surface area contributed by atoms with Crippen LogP contribution in [-0.2, 0) is 9.47 Å². The van der Waals surface area contributed by atoms with Crippen LogP contribution in [-0.4, -0.2) is 62.1 Å². The molecule has 0 aromatic carbocycles. The molecule has 0 radical (unpaired) electrons. The van der Waals surface area contributed by atoms with E-state index in [-0.39, 0.29) is 6.10 Å². The maximum atomic E-state index is 6.09. The van der Waals surface area contributed by atoms with Crippen molar-refractivity contribution in [2.75, 3.05) is 39.8 Å². The molecule has 2 heterocycles. The molecular weight excluding hydrogens is 278 g/mol. The fraction of sp³-hybridized carbons (Fsp3) is 0.588. The molecule has 5 nitrogen and oxygen atoms in total. The van der Waals surface area contributed by atoms with Gasteiger partial charge >= 0.3 is 0 Å². The lowest BCUT2D eigenvalue weighted by molar-refractivity contribution is 0.00953. The van der Waals surface area contributed by atoms with Crippen molar-refractivity contribution >= 4 is 6.34 Å². The Morgan fingerprint density at radius 1 is 1.14 bits per heavy atom. The molecule has 2 fully saturated rings. The van der Waals surface area contributed by atoms with Gasteiger partial charge in [-0.3, -0.25) is 4.99 Å². The van der Waals surface area contributed by atoms with Crippen LogP contribution < -0.4 is 0 Å². The predicted octanol–water partition coefficient (Wildman–Crippen LogP) is 2.14. The summed E-state index contributed by atoms with van der Waals surface area (Å²) in [6.07, 6.45) is 10.5. The predicted molar refractivity (Wildman–Crippen MR) is 87.5 cm³/mol. The van der Waals surface area contributed by atoms with Crippen molar-refractivity contribution in [1.29, 1.82) is 0 Å². The molecule has 5 heteroatoms. The highest BCUT2D eigenvalue weighted by atomic mass is 16.6. The molecule has 0 aromatic heterocycles. The maximum absolute atomic E-state index is 6.09. The molecule has 3 rings (SSSR count). The zero-order valence-corrected chi connectivity index (χ0v) is 13.5. The van der Waals surface area contributed by atoms with Crippen LogP contribution in [0.25, 0.3) is 0 Å². The molecule has 1 aliphatic carbocycles. The first-order valence-electron chi connectivity index (χ1n) is 8.05. The molecule has 0 saturated carbocycles. The van der Waals surface area contributed by atoms with Gasteiger partial charge in [-0.1, -0.05) is 0 Å². The first-order valence-corrected chi connectivity index (χ1v) is 8.05. The molecule has 120 valence electrons. The third-order valence-electron chi connectivity index (χ3n) is 4.25. The lowest BCUT2D eigenvalue weighted by Gasteiger charge is -2.35. The van der Waals surface area contributed by atoms with Crippen LogP contribution in [0.1, 0.15) is 19.8 Å². The molecule has 0 spiro atoms. The lowest BCUT2D eigenvalue weighted by Crippen LogP contribution is -2.43. The summed E-state index contributed by atoms with van der Waals surface area (Å²) in [5.74, 6) is 1.84. The molecule has 0 aromatic rings. The minimum Gasteiger partial charge on any atom is -0.486 e. The third-order valence-corrected chi connectivity index (χ3v) is 4.25. The molecule has 0 N–H and O–H groups in total. The molecule has 2 aliphatic heterocycles. The number of piperazine rings is 1. The van der Waals surface area contributed by atoms with E-state index in [4.69, 9.17) is 9.47 Å². The SMILES string of the molecule is C/N=C/N1CCN(/C=C(/C)[C@H]2COC3=CCCC=C3O2)CC1. The van der Waals surface area contributed by atoms with E-state index < -0.39 is 0 Å². The summed E-state index contributed by atoms with van der Waals surface area (Å²) < 4.78 is 11.9. The van der Waals surface area contributed by atoms with Crippen molar-refractivity contribution in [3.05, 3.63) is 35.4 Å². The highest BCUT2D eigenvalue weighted by Gasteiger charge is 2.26. The molecule has 1 atom stereocenters. The topological polar surface area (TPSA) is 37.3 Å². The van der Waals surface area contributed by atoms with Crippen LogP contribution >= 0.6 is 0 Å². The Morgan fingerprint density at radius 3 is 2.55 bits per heavy atom. The van der Waals surface area contributed by atoms with Crippen molar-refractivity contribution in [2.45, 2.75) is 25.9 Å². The van der Waals surface area contributed by atoms with Crippen molar-refractivity contribution in [3.8, 4) is 0 Å². The summed E-state index contributed by atoms with van der Waals surface area (Å²) in [6, 6.07) is 0. The molecule has 0 amide bonds. The highest BCUT2D eigenvalue weighted by molar-refractivity contribution is 5.54. The van der Waals surface area contributed by atoms with Gasteiger partial charge in [-0.25, -0.2) is 0 Å². The summed E-state index contributed by atoms with van der Waals surface area (Å²) in [7, 11) is 1.82. The number of fused-ring (bicyclic) bond motifs is 1. The highest BCUT2D eigenvalue weighted by Crippen LogP contribution is 2.29. The summed E-state index contributed by atoms with van der Waals surface area (Å²) in [5.41, 5.74) is 1.23. The van der Waals surface area contributed by atoms with Crippen LogP contribution in [0.4, 0.5) is 0 Å². The van der Waals surface area contributed by atoms with Gasteiger partial charge in [0.25, 0.3) is 0 Å². The van der Waals surface area contributed by atoms with Crippen LogP contribution in [0.5, 0.6) is 0 Å². The van der Waals surface area contributed by atoms with Crippen molar-refractivity contribution in [1.82, 2.24) is 9.80 Å².